The molecule has 0 aliphatic carbocycles. The van der Waals surface area contributed by atoms with Crippen molar-refractivity contribution in [2.45, 2.75) is 38.5 Å². The Kier molecular flexibility index (Phi) is 8.22. The summed E-state index contributed by atoms with van der Waals surface area (Å²) >= 11 is 0. The van der Waals surface area contributed by atoms with Crippen LogP contribution in [-0.2, 0) is 26.1 Å². The molecule has 188 valence electrons. The molecule has 8 nitrogen and oxygen atoms in total. The molecule has 2 heterocycles. The van der Waals surface area contributed by atoms with Crippen LogP contribution in [0.1, 0.15) is 43.2 Å². The Bertz CT molecular complexity index is 1250. The fourth-order valence-electron chi connectivity index (χ4n) is 4.87. The van der Waals surface area contributed by atoms with Gasteiger partial charge in [-0.2, -0.15) is 0 Å². The minimum Gasteiger partial charge on any atom is -0.369 e. The summed E-state index contributed by atoms with van der Waals surface area (Å²) in [5, 5.41) is 1.07. The molecule has 3 aromatic rings. The van der Waals surface area contributed by atoms with E-state index >= 15 is 0 Å². The lowest BCUT2D eigenvalue weighted by molar-refractivity contribution is -0.117. The zero-order valence-electron chi connectivity index (χ0n) is 20.1. The molecule has 1 aromatic heterocycles. The van der Waals surface area contributed by atoms with Crippen molar-refractivity contribution in [3.05, 3.63) is 59.8 Å². The third kappa shape index (κ3) is 6.10. The Labute approximate surface area is 206 Å². The second-order valence-electron chi connectivity index (χ2n) is 8.98. The lowest BCUT2D eigenvalue weighted by atomic mass is 9.88. The van der Waals surface area contributed by atoms with Gasteiger partial charge in [0, 0.05) is 36.7 Å². The summed E-state index contributed by atoms with van der Waals surface area (Å²) in [6.45, 7) is 3.94. The number of carbonyl (C=O) groups is 1. The third-order valence-corrected chi connectivity index (χ3v) is 8.55. The number of primary amides is 1. The number of hydrogen-bond acceptors (Lipinski definition) is 5. The first-order valence-corrected chi connectivity index (χ1v) is 13.8. The first-order chi connectivity index (χ1) is 16.9. The summed E-state index contributed by atoms with van der Waals surface area (Å²) in [5.41, 5.74) is 13.4. The quantitative estimate of drug-likeness (QED) is 0.277. The first kappa shape index (κ1) is 25.4. The molecule has 0 atom stereocenters. The zero-order chi connectivity index (χ0) is 24.8. The van der Waals surface area contributed by atoms with Crippen LogP contribution in [0.2, 0.25) is 0 Å². The summed E-state index contributed by atoms with van der Waals surface area (Å²) in [5.74, 6) is -0.0215. The SMILES string of the molecule is CCONCCCS(=O)(=O)N1CCC(c2c[nH]c3c(CC(N)=O)cc(-c4ccccc4)cc23)CC1. The van der Waals surface area contributed by atoms with Crippen molar-refractivity contribution in [2.24, 2.45) is 5.73 Å². The Morgan fingerprint density at radius 3 is 2.60 bits per heavy atom. The van der Waals surface area contributed by atoms with Gasteiger partial charge < -0.3 is 15.6 Å². The number of fused-ring (bicyclic) bond motifs is 1. The minimum atomic E-state index is -3.29. The van der Waals surface area contributed by atoms with Crippen LogP contribution in [-0.4, -0.2) is 55.6 Å². The van der Waals surface area contributed by atoms with E-state index in [1.807, 2.05) is 37.4 Å². The van der Waals surface area contributed by atoms with E-state index in [0.717, 1.165) is 40.4 Å². The molecule has 4 rings (SSSR count). The molecule has 1 saturated heterocycles. The highest BCUT2D eigenvalue weighted by Gasteiger charge is 2.29. The molecule has 1 amide bonds. The standard InChI is InChI=1S/C26H34N4O4S/c1-2-34-29-11-6-14-35(32,33)30-12-9-20(10-13-30)24-18-28-26-22(17-25(27)31)15-21(16-23(24)26)19-7-4-3-5-8-19/h3-5,7-8,15-16,18,20,28-29H,2,6,9-14,17H2,1H3,(H2,27,31). The first-order valence-electron chi connectivity index (χ1n) is 12.2. The summed E-state index contributed by atoms with van der Waals surface area (Å²) < 4.78 is 27.2. The molecule has 4 N–H and O–H groups in total. The van der Waals surface area contributed by atoms with Crippen molar-refractivity contribution in [1.82, 2.24) is 14.8 Å². The van der Waals surface area contributed by atoms with Crippen LogP contribution in [0.5, 0.6) is 0 Å². The molecule has 35 heavy (non-hydrogen) atoms. The monoisotopic (exact) mass is 498 g/mol. The van der Waals surface area contributed by atoms with Crippen molar-refractivity contribution in [2.75, 3.05) is 32.0 Å². The Hall–Kier alpha value is -2.72. The van der Waals surface area contributed by atoms with Crippen molar-refractivity contribution in [3.8, 4) is 11.1 Å². The Morgan fingerprint density at radius 1 is 1.17 bits per heavy atom. The van der Waals surface area contributed by atoms with Gasteiger partial charge in [0.2, 0.25) is 15.9 Å². The van der Waals surface area contributed by atoms with Gasteiger partial charge in [0.1, 0.15) is 0 Å². The number of nitrogens with zero attached hydrogens (tertiary/aromatic N) is 1. The van der Waals surface area contributed by atoms with Gasteiger partial charge in [0.15, 0.2) is 0 Å². The highest BCUT2D eigenvalue weighted by molar-refractivity contribution is 7.89. The van der Waals surface area contributed by atoms with Gasteiger partial charge >= 0.3 is 0 Å². The summed E-state index contributed by atoms with van der Waals surface area (Å²) in [6.07, 6.45) is 4.19. The van der Waals surface area contributed by atoms with E-state index in [1.165, 1.54) is 5.56 Å². The van der Waals surface area contributed by atoms with Crippen LogP contribution in [0.25, 0.3) is 22.0 Å². The average Bonchev–Trinajstić information content (AvgIpc) is 3.28. The lowest BCUT2D eigenvalue weighted by Crippen LogP contribution is -2.39. The number of piperidine rings is 1. The molecule has 9 heteroatoms. The van der Waals surface area contributed by atoms with E-state index < -0.39 is 10.0 Å². The van der Waals surface area contributed by atoms with Crippen molar-refractivity contribution in [1.29, 1.82) is 0 Å². The molecule has 0 unspecified atom stereocenters. The number of benzene rings is 2. The van der Waals surface area contributed by atoms with Crippen LogP contribution >= 0.6 is 0 Å². The van der Waals surface area contributed by atoms with E-state index in [-0.39, 0.29) is 24.0 Å². The highest BCUT2D eigenvalue weighted by atomic mass is 32.2. The molecular formula is C26H34N4O4S. The number of hydroxylamine groups is 1. The van der Waals surface area contributed by atoms with Gasteiger partial charge in [-0.1, -0.05) is 30.3 Å². The highest BCUT2D eigenvalue weighted by Crippen LogP contribution is 2.37. The topological polar surface area (TPSA) is 118 Å². The third-order valence-electron chi connectivity index (χ3n) is 6.59. The zero-order valence-corrected chi connectivity index (χ0v) is 20.9. The smallest absolute Gasteiger partial charge is 0.221 e. The Morgan fingerprint density at radius 2 is 1.91 bits per heavy atom. The normalized spacial score (nSPS) is 15.6. The van der Waals surface area contributed by atoms with Crippen molar-refractivity contribution < 1.29 is 18.0 Å². The maximum atomic E-state index is 12.8. The lowest BCUT2D eigenvalue weighted by Gasteiger charge is -2.31. The number of H-pyrrole nitrogens is 1. The number of rotatable bonds is 11. The predicted molar refractivity (Wildman–Crippen MR) is 138 cm³/mol. The molecule has 1 aliphatic heterocycles. The molecule has 1 aliphatic rings. The van der Waals surface area contributed by atoms with E-state index in [1.54, 1.807) is 4.31 Å². The largest absolute Gasteiger partial charge is 0.369 e. The van der Waals surface area contributed by atoms with E-state index in [9.17, 15) is 13.2 Å². The van der Waals surface area contributed by atoms with Gasteiger partial charge in [-0.05, 0) is 66.5 Å². The number of nitrogens with two attached hydrogens (primary N) is 1. The average molecular weight is 499 g/mol. The van der Waals surface area contributed by atoms with Gasteiger partial charge in [-0.15, -0.1) is 0 Å². The maximum absolute atomic E-state index is 12.8. The number of sulfonamides is 1. The minimum absolute atomic E-state index is 0.113. The predicted octanol–water partition coefficient (Wildman–Crippen LogP) is 3.30. The number of nitrogens with one attached hydrogen (secondary N) is 2. The van der Waals surface area contributed by atoms with Crippen LogP contribution in [0, 0.1) is 0 Å². The van der Waals surface area contributed by atoms with Crippen molar-refractivity contribution >= 4 is 26.8 Å². The van der Waals surface area contributed by atoms with Gasteiger partial charge in [0.05, 0.1) is 18.8 Å². The molecular weight excluding hydrogens is 464 g/mol. The van der Waals surface area contributed by atoms with Crippen molar-refractivity contribution in [3.63, 3.8) is 0 Å². The van der Waals surface area contributed by atoms with Crippen LogP contribution in [0.3, 0.4) is 0 Å². The fourth-order valence-corrected chi connectivity index (χ4v) is 6.40. The molecule has 1 fully saturated rings. The molecule has 2 aromatic carbocycles. The van der Waals surface area contributed by atoms with E-state index in [4.69, 9.17) is 10.6 Å². The van der Waals surface area contributed by atoms with E-state index in [2.05, 4.69) is 28.7 Å². The number of aromatic nitrogens is 1. The maximum Gasteiger partial charge on any atom is 0.221 e. The number of carbonyl (C=O) groups excluding carboxylic acids is 1. The summed E-state index contributed by atoms with van der Waals surface area (Å²) in [6, 6.07) is 14.3. The number of hydrogen-bond donors (Lipinski definition) is 3. The number of amides is 1. The van der Waals surface area contributed by atoms with Crippen LogP contribution in [0.15, 0.2) is 48.7 Å². The fraction of sp³-hybridized carbons (Fsp3) is 0.423. The molecule has 0 radical (unpaired) electrons. The molecule has 0 spiro atoms. The van der Waals surface area contributed by atoms with Gasteiger partial charge in [0.25, 0.3) is 0 Å². The summed E-state index contributed by atoms with van der Waals surface area (Å²) in [7, 11) is -3.29. The van der Waals surface area contributed by atoms with Gasteiger partial charge in [-0.25, -0.2) is 18.2 Å². The molecule has 0 bridgehead atoms. The number of aromatic amines is 1. The second kappa shape index (κ2) is 11.3. The summed E-state index contributed by atoms with van der Waals surface area (Å²) in [4.78, 5) is 20.2. The van der Waals surface area contributed by atoms with E-state index in [0.29, 0.717) is 32.7 Å². The van der Waals surface area contributed by atoms with Gasteiger partial charge in [-0.3, -0.25) is 4.79 Å². The second-order valence-corrected chi connectivity index (χ2v) is 11.1. The van der Waals surface area contributed by atoms with Crippen LogP contribution < -0.4 is 11.2 Å². The Balaban J connectivity index is 1.52. The molecule has 0 saturated carbocycles. The van der Waals surface area contributed by atoms with Crippen LogP contribution in [0.4, 0.5) is 0 Å².